The number of nitrogens with one attached hydrogen (secondary N) is 2. The number of ketones is 1. The summed E-state index contributed by atoms with van der Waals surface area (Å²) in [4.78, 5) is 37.5. The second kappa shape index (κ2) is 10.4. The van der Waals surface area contributed by atoms with Crippen LogP contribution in [0.5, 0.6) is 5.75 Å². The van der Waals surface area contributed by atoms with Crippen molar-refractivity contribution in [3.05, 3.63) is 88.9 Å². The van der Waals surface area contributed by atoms with E-state index >= 15 is 0 Å². The molecule has 6 nitrogen and oxygen atoms in total. The number of carbonyl (C=O) groups is 3. The Bertz CT molecular complexity index is 1100. The van der Waals surface area contributed by atoms with Crippen molar-refractivity contribution in [2.24, 2.45) is 0 Å². The van der Waals surface area contributed by atoms with Gasteiger partial charge in [0.05, 0.1) is 18.5 Å². The molecule has 3 aromatic rings. The molecule has 31 heavy (non-hydrogen) atoms. The monoisotopic (exact) mass is 436 g/mol. The van der Waals surface area contributed by atoms with Gasteiger partial charge in [-0.3, -0.25) is 14.4 Å². The maximum atomic E-state index is 12.8. The van der Waals surface area contributed by atoms with Crippen molar-refractivity contribution in [1.29, 1.82) is 0 Å². The molecular weight excluding hydrogens is 416 g/mol. The minimum absolute atomic E-state index is 0.0283. The van der Waals surface area contributed by atoms with Crippen molar-refractivity contribution < 1.29 is 19.1 Å². The first kappa shape index (κ1) is 22.1. The SMILES string of the molecule is COc1ccccc1NC(=O)CCC(=O)Nc1ccc(Cl)cc1C(=O)c1ccccc1. The van der Waals surface area contributed by atoms with Crippen LogP contribution >= 0.6 is 11.6 Å². The molecule has 7 heteroatoms. The molecule has 0 bridgehead atoms. The Morgan fingerprint density at radius 2 is 1.42 bits per heavy atom. The van der Waals surface area contributed by atoms with Crippen molar-refractivity contribution in [1.82, 2.24) is 0 Å². The smallest absolute Gasteiger partial charge is 0.224 e. The van der Waals surface area contributed by atoms with E-state index in [1.807, 2.05) is 6.07 Å². The lowest BCUT2D eigenvalue weighted by molar-refractivity contribution is -0.121. The highest BCUT2D eigenvalue weighted by Crippen LogP contribution is 2.25. The van der Waals surface area contributed by atoms with Crippen LogP contribution in [-0.2, 0) is 9.59 Å². The fourth-order valence-electron chi connectivity index (χ4n) is 2.96. The van der Waals surface area contributed by atoms with Crippen molar-refractivity contribution in [2.75, 3.05) is 17.7 Å². The fraction of sp³-hybridized carbons (Fsp3) is 0.125. The molecule has 0 fully saturated rings. The van der Waals surface area contributed by atoms with E-state index in [4.69, 9.17) is 16.3 Å². The number of carbonyl (C=O) groups excluding carboxylic acids is 3. The Labute approximate surface area is 185 Å². The summed E-state index contributed by atoms with van der Waals surface area (Å²) in [5, 5.41) is 5.81. The maximum Gasteiger partial charge on any atom is 0.224 e. The van der Waals surface area contributed by atoms with E-state index in [1.54, 1.807) is 60.7 Å². The molecule has 0 aromatic heterocycles. The summed E-state index contributed by atoms with van der Waals surface area (Å²) in [5.74, 6) is -0.436. The van der Waals surface area contributed by atoms with Crippen LogP contribution < -0.4 is 15.4 Å². The van der Waals surface area contributed by atoms with Crippen LogP contribution in [0.4, 0.5) is 11.4 Å². The van der Waals surface area contributed by atoms with Gasteiger partial charge in [0, 0.05) is 29.0 Å². The molecule has 0 aliphatic rings. The van der Waals surface area contributed by atoms with E-state index in [1.165, 1.54) is 13.2 Å². The molecule has 0 radical (unpaired) electrons. The number of benzene rings is 3. The Hall–Kier alpha value is -3.64. The van der Waals surface area contributed by atoms with E-state index in [9.17, 15) is 14.4 Å². The van der Waals surface area contributed by atoms with Crippen LogP contribution in [0.2, 0.25) is 5.02 Å². The lowest BCUT2D eigenvalue weighted by atomic mass is 10.0. The van der Waals surface area contributed by atoms with Crippen LogP contribution in [0.1, 0.15) is 28.8 Å². The Balaban J connectivity index is 1.64. The molecule has 2 N–H and O–H groups in total. The van der Waals surface area contributed by atoms with Crippen LogP contribution in [0.3, 0.4) is 0 Å². The third-order valence-corrected chi connectivity index (χ3v) is 4.73. The lowest BCUT2D eigenvalue weighted by Gasteiger charge is -2.12. The van der Waals surface area contributed by atoms with E-state index in [-0.39, 0.29) is 36.0 Å². The van der Waals surface area contributed by atoms with Gasteiger partial charge in [-0.05, 0) is 30.3 Å². The molecule has 0 aliphatic heterocycles. The Morgan fingerprint density at radius 1 is 0.806 bits per heavy atom. The predicted octanol–water partition coefficient (Wildman–Crippen LogP) is 4.94. The van der Waals surface area contributed by atoms with Gasteiger partial charge in [0.1, 0.15) is 5.75 Å². The van der Waals surface area contributed by atoms with E-state index in [0.717, 1.165) is 0 Å². The molecule has 3 rings (SSSR count). The third kappa shape index (κ3) is 5.93. The topological polar surface area (TPSA) is 84.5 Å². The van der Waals surface area contributed by atoms with Crippen molar-refractivity contribution in [2.45, 2.75) is 12.8 Å². The molecule has 0 saturated heterocycles. The number of hydrogen-bond acceptors (Lipinski definition) is 4. The highest BCUT2D eigenvalue weighted by Gasteiger charge is 2.17. The van der Waals surface area contributed by atoms with Crippen molar-refractivity contribution in [3.8, 4) is 5.75 Å². The zero-order chi connectivity index (χ0) is 22.2. The summed E-state index contributed by atoms with van der Waals surface area (Å²) in [6.45, 7) is 0. The molecule has 158 valence electrons. The van der Waals surface area contributed by atoms with Crippen LogP contribution in [0.25, 0.3) is 0 Å². The first-order valence-corrected chi connectivity index (χ1v) is 9.97. The molecular formula is C24H21ClN2O4. The third-order valence-electron chi connectivity index (χ3n) is 4.50. The first-order valence-electron chi connectivity index (χ1n) is 9.60. The minimum Gasteiger partial charge on any atom is -0.495 e. The fourth-order valence-corrected chi connectivity index (χ4v) is 3.13. The van der Waals surface area contributed by atoms with E-state index in [0.29, 0.717) is 27.7 Å². The van der Waals surface area contributed by atoms with E-state index in [2.05, 4.69) is 10.6 Å². The van der Waals surface area contributed by atoms with Crippen molar-refractivity contribution >= 4 is 40.6 Å². The zero-order valence-electron chi connectivity index (χ0n) is 16.9. The summed E-state index contributed by atoms with van der Waals surface area (Å²) < 4.78 is 5.20. The number of amides is 2. The van der Waals surface area contributed by atoms with Crippen LogP contribution in [0.15, 0.2) is 72.8 Å². The first-order chi connectivity index (χ1) is 15.0. The summed E-state index contributed by atoms with van der Waals surface area (Å²) >= 11 is 6.06. The summed E-state index contributed by atoms with van der Waals surface area (Å²) in [5.41, 5.74) is 1.64. The molecule has 3 aromatic carbocycles. The van der Waals surface area contributed by atoms with Gasteiger partial charge in [-0.15, -0.1) is 0 Å². The second-order valence-electron chi connectivity index (χ2n) is 6.68. The largest absolute Gasteiger partial charge is 0.495 e. The summed E-state index contributed by atoms with van der Waals surface area (Å²) in [6, 6.07) is 20.4. The minimum atomic E-state index is -0.389. The molecule has 0 atom stereocenters. The summed E-state index contributed by atoms with van der Waals surface area (Å²) in [6.07, 6.45) is -0.0813. The molecule has 0 saturated carbocycles. The second-order valence-corrected chi connectivity index (χ2v) is 7.12. The molecule has 0 spiro atoms. The average molecular weight is 437 g/mol. The molecule has 0 aliphatic carbocycles. The molecule has 0 heterocycles. The molecule has 0 unspecified atom stereocenters. The number of rotatable bonds is 8. The highest BCUT2D eigenvalue weighted by molar-refractivity contribution is 6.31. The normalized spacial score (nSPS) is 10.3. The number of anilines is 2. The van der Waals surface area contributed by atoms with Gasteiger partial charge in [0.15, 0.2) is 5.78 Å². The Kier molecular flexibility index (Phi) is 7.40. The maximum absolute atomic E-state index is 12.8. The number of ether oxygens (including phenoxy) is 1. The molecule has 2 amide bonds. The van der Waals surface area contributed by atoms with Crippen LogP contribution in [-0.4, -0.2) is 24.7 Å². The Morgan fingerprint density at radius 3 is 2.10 bits per heavy atom. The lowest BCUT2D eigenvalue weighted by Crippen LogP contribution is -2.19. The zero-order valence-corrected chi connectivity index (χ0v) is 17.6. The van der Waals surface area contributed by atoms with Crippen molar-refractivity contribution in [3.63, 3.8) is 0 Å². The van der Waals surface area contributed by atoms with Gasteiger partial charge in [-0.25, -0.2) is 0 Å². The number of hydrogen-bond donors (Lipinski definition) is 2. The van der Waals surface area contributed by atoms with Gasteiger partial charge < -0.3 is 15.4 Å². The van der Waals surface area contributed by atoms with Gasteiger partial charge in [-0.2, -0.15) is 0 Å². The standard InChI is InChI=1S/C24H21ClN2O4/c1-31-21-10-6-5-9-20(21)27-23(29)14-13-22(28)26-19-12-11-17(25)15-18(19)24(30)16-7-3-2-4-8-16/h2-12,15H,13-14H2,1H3,(H,26,28)(H,27,29). The summed E-state index contributed by atoms with van der Waals surface area (Å²) in [7, 11) is 1.51. The number of para-hydroxylation sites is 2. The quantitative estimate of drug-likeness (QED) is 0.490. The number of methoxy groups -OCH3 is 1. The van der Waals surface area contributed by atoms with Gasteiger partial charge in [0.25, 0.3) is 0 Å². The van der Waals surface area contributed by atoms with Gasteiger partial charge in [-0.1, -0.05) is 54.1 Å². The van der Waals surface area contributed by atoms with Crippen LogP contribution in [0, 0.1) is 0 Å². The van der Waals surface area contributed by atoms with Gasteiger partial charge >= 0.3 is 0 Å². The predicted molar refractivity (Wildman–Crippen MR) is 121 cm³/mol. The van der Waals surface area contributed by atoms with Gasteiger partial charge in [0.2, 0.25) is 11.8 Å². The van der Waals surface area contributed by atoms with E-state index < -0.39 is 0 Å². The highest BCUT2D eigenvalue weighted by atomic mass is 35.5. The number of halogens is 1. The average Bonchev–Trinajstić information content (AvgIpc) is 2.79.